The first-order valence-corrected chi connectivity index (χ1v) is 14.2. The van der Waals surface area contributed by atoms with Gasteiger partial charge < -0.3 is 29.2 Å². The van der Waals surface area contributed by atoms with Crippen LogP contribution in [0.4, 0.5) is 5.69 Å². The highest BCUT2D eigenvalue weighted by Gasteiger charge is 2.27. The van der Waals surface area contributed by atoms with Crippen molar-refractivity contribution in [2.75, 3.05) is 33.3 Å². The molecule has 1 N–H and O–H groups in total. The highest BCUT2D eigenvalue weighted by atomic mass is 16.5. The molecule has 7 heteroatoms. The molecule has 0 bridgehead atoms. The Hall–Kier alpha value is -4.65. The van der Waals surface area contributed by atoms with E-state index in [-0.39, 0.29) is 11.9 Å². The Labute approximate surface area is 248 Å². The Morgan fingerprint density at radius 3 is 2.31 bits per heavy atom. The first-order chi connectivity index (χ1) is 20.6. The standard InChI is InChI=1S/C35H38N2O5/c1-39-32-19-17-26(34(40-2)35(32)41-3)18-20-33(38)37-23-28-14-7-9-15-30(28)36-22-27-13-8-10-16-31(27)42-24-29(37)21-25-11-5-4-6-12-25/h4-17,19,29,36H,18,20-24H2,1-3H3/t29-/m0/s1. The van der Waals surface area contributed by atoms with Gasteiger partial charge in [0.15, 0.2) is 11.5 Å². The molecule has 5 rings (SSSR count). The van der Waals surface area contributed by atoms with Gasteiger partial charge in [0.05, 0.1) is 27.4 Å². The van der Waals surface area contributed by atoms with E-state index in [4.69, 9.17) is 18.9 Å². The van der Waals surface area contributed by atoms with Crippen molar-refractivity contribution in [3.63, 3.8) is 0 Å². The second-order valence-corrected chi connectivity index (χ2v) is 10.3. The highest BCUT2D eigenvalue weighted by Crippen LogP contribution is 2.40. The number of nitrogens with one attached hydrogen (secondary N) is 1. The smallest absolute Gasteiger partial charge is 0.223 e. The predicted molar refractivity (Wildman–Crippen MR) is 165 cm³/mol. The first kappa shape index (κ1) is 28.9. The first-order valence-electron chi connectivity index (χ1n) is 14.2. The van der Waals surface area contributed by atoms with Crippen LogP contribution in [0.25, 0.3) is 0 Å². The van der Waals surface area contributed by atoms with Gasteiger partial charge >= 0.3 is 0 Å². The van der Waals surface area contributed by atoms with E-state index in [1.165, 1.54) is 0 Å². The largest absolute Gasteiger partial charge is 0.493 e. The number of para-hydroxylation sites is 2. The van der Waals surface area contributed by atoms with E-state index in [2.05, 4.69) is 35.6 Å². The highest BCUT2D eigenvalue weighted by molar-refractivity contribution is 5.77. The summed E-state index contributed by atoms with van der Waals surface area (Å²) in [5.74, 6) is 2.55. The summed E-state index contributed by atoms with van der Waals surface area (Å²) in [7, 11) is 4.78. The number of hydrogen-bond donors (Lipinski definition) is 1. The van der Waals surface area contributed by atoms with Gasteiger partial charge in [-0.25, -0.2) is 0 Å². The summed E-state index contributed by atoms with van der Waals surface area (Å²) in [6.07, 6.45) is 1.45. The molecule has 1 amide bonds. The van der Waals surface area contributed by atoms with Crippen LogP contribution in [0.3, 0.4) is 0 Å². The van der Waals surface area contributed by atoms with Crippen molar-refractivity contribution >= 4 is 11.6 Å². The second-order valence-electron chi connectivity index (χ2n) is 10.3. The quantitative estimate of drug-likeness (QED) is 0.270. The van der Waals surface area contributed by atoms with E-state index in [1.807, 2.05) is 65.6 Å². The van der Waals surface area contributed by atoms with Crippen LogP contribution in [0.5, 0.6) is 23.0 Å². The molecule has 0 saturated heterocycles. The van der Waals surface area contributed by atoms with Crippen molar-refractivity contribution in [1.29, 1.82) is 0 Å². The number of anilines is 1. The monoisotopic (exact) mass is 566 g/mol. The minimum Gasteiger partial charge on any atom is -0.493 e. The van der Waals surface area contributed by atoms with Crippen LogP contribution in [0, 0.1) is 0 Å². The molecule has 1 aliphatic heterocycles. The van der Waals surface area contributed by atoms with Gasteiger partial charge in [-0.05, 0) is 47.7 Å². The molecule has 1 aliphatic rings. The molecule has 0 saturated carbocycles. The van der Waals surface area contributed by atoms with Crippen molar-refractivity contribution in [2.45, 2.75) is 38.4 Å². The second kappa shape index (κ2) is 13.8. The Balaban J connectivity index is 1.49. The molecule has 4 aromatic rings. The van der Waals surface area contributed by atoms with Crippen LogP contribution in [0.1, 0.15) is 28.7 Å². The lowest BCUT2D eigenvalue weighted by Gasteiger charge is -2.33. The maximum atomic E-state index is 14.2. The average molecular weight is 567 g/mol. The molecule has 0 radical (unpaired) electrons. The number of ether oxygens (including phenoxy) is 4. The molecule has 0 unspecified atom stereocenters. The summed E-state index contributed by atoms with van der Waals surface area (Å²) in [6, 6.07) is 30.1. The van der Waals surface area contributed by atoms with Gasteiger partial charge in [-0.1, -0.05) is 72.8 Å². The molecule has 4 aromatic carbocycles. The third-order valence-electron chi connectivity index (χ3n) is 7.70. The van der Waals surface area contributed by atoms with E-state index in [0.717, 1.165) is 33.7 Å². The Morgan fingerprint density at radius 2 is 1.55 bits per heavy atom. The van der Waals surface area contributed by atoms with Gasteiger partial charge in [-0.3, -0.25) is 4.79 Å². The molecule has 1 atom stereocenters. The number of hydrogen-bond acceptors (Lipinski definition) is 6. The predicted octanol–water partition coefficient (Wildman–Crippen LogP) is 6.29. The number of carbonyl (C=O) groups is 1. The van der Waals surface area contributed by atoms with Crippen molar-refractivity contribution in [3.8, 4) is 23.0 Å². The number of methoxy groups -OCH3 is 3. The molecule has 1 heterocycles. The Bertz CT molecular complexity index is 1490. The fourth-order valence-corrected chi connectivity index (χ4v) is 5.49. The number of carbonyl (C=O) groups excluding carboxylic acids is 1. The lowest BCUT2D eigenvalue weighted by Crippen LogP contribution is -2.44. The van der Waals surface area contributed by atoms with E-state index in [9.17, 15) is 4.79 Å². The minimum absolute atomic E-state index is 0.0405. The van der Waals surface area contributed by atoms with Crippen LogP contribution in [-0.4, -0.2) is 44.8 Å². The van der Waals surface area contributed by atoms with Gasteiger partial charge in [0.25, 0.3) is 0 Å². The topological polar surface area (TPSA) is 69.3 Å². The molecule has 7 nitrogen and oxygen atoms in total. The Morgan fingerprint density at radius 1 is 0.833 bits per heavy atom. The van der Waals surface area contributed by atoms with Crippen molar-refractivity contribution in [1.82, 2.24) is 4.90 Å². The zero-order valence-corrected chi connectivity index (χ0v) is 24.5. The molecule has 218 valence electrons. The number of benzene rings is 4. The van der Waals surface area contributed by atoms with Gasteiger partial charge in [0.2, 0.25) is 11.7 Å². The molecule has 0 spiro atoms. The van der Waals surface area contributed by atoms with Crippen LogP contribution in [0.15, 0.2) is 91.0 Å². The van der Waals surface area contributed by atoms with Crippen LogP contribution in [-0.2, 0) is 30.7 Å². The molecular formula is C35H38N2O5. The summed E-state index contributed by atoms with van der Waals surface area (Å²) in [6.45, 7) is 1.46. The van der Waals surface area contributed by atoms with Gasteiger partial charge in [0.1, 0.15) is 12.4 Å². The minimum atomic E-state index is -0.189. The maximum Gasteiger partial charge on any atom is 0.223 e. The van der Waals surface area contributed by atoms with E-state index in [0.29, 0.717) is 56.2 Å². The summed E-state index contributed by atoms with van der Waals surface area (Å²) in [4.78, 5) is 16.2. The summed E-state index contributed by atoms with van der Waals surface area (Å²) in [5.41, 5.74) is 5.18. The van der Waals surface area contributed by atoms with Gasteiger partial charge in [-0.15, -0.1) is 0 Å². The van der Waals surface area contributed by atoms with Crippen molar-refractivity contribution in [2.24, 2.45) is 0 Å². The summed E-state index contributed by atoms with van der Waals surface area (Å²) >= 11 is 0. The molecule has 0 fully saturated rings. The fraction of sp³-hybridized carbons (Fsp3) is 0.286. The van der Waals surface area contributed by atoms with Crippen molar-refractivity contribution < 1.29 is 23.7 Å². The number of rotatable bonds is 8. The van der Waals surface area contributed by atoms with Gasteiger partial charge in [-0.2, -0.15) is 0 Å². The Kier molecular flexibility index (Phi) is 9.49. The fourth-order valence-electron chi connectivity index (χ4n) is 5.49. The number of aryl methyl sites for hydroxylation is 1. The third kappa shape index (κ3) is 6.62. The van der Waals surface area contributed by atoms with E-state index in [1.54, 1.807) is 21.3 Å². The van der Waals surface area contributed by atoms with Crippen LogP contribution >= 0.6 is 0 Å². The zero-order chi connectivity index (χ0) is 29.3. The maximum absolute atomic E-state index is 14.2. The number of nitrogens with zero attached hydrogens (tertiary/aromatic N) is 1. The zero-order valence-electron chi connectivity index (χ0n) is 24.5. The molecule has 0 aromatic heterocycles. The average Bonchev–Trinajstić information content (AvgIpc) is 3.06. The number of fused-ring (bicyclic) bond motifs is 2. The lowest BCUT2D eigenvalue weighted by atomic mass is 10.0. The summed E-state index contributed by atoms with van der Waals surface area (Å²) < 4.78 is 23.2. The molecule has 0 aliphatic carbocycles. The summed E-state index contributed by atoms with van der Waals surface area (Å²) in [5, 5.41) is 3.58. The molecule has 42 heavy (non-hydrogen) atoms. The SMILES string of the molecule is COc1ccc(CCC(=O)N2Cc3ccccc3NCc3ccccc3OC[C@@H]2Cc2ccccc2)c(OC)c1OC. The third-order valence-corrected chi connectivity index (χ3v) is 7.70. The van der Waals surface area contributed by atoms with Crippen LogP contribution < -0.4 is 24.3 Å². The van der Waals surface area contributed by atoms with Crippen LogP contribution in [0.2, 0.25) is 0 Å². The lowest BCUT2D eigenvalue weighted by molar-refractivity contribution is -0.135. The van der Waals surface area contributed by atoms with Crippen molar-refractivity contribution in [3.05, 3.63) is 113 Å². The normalized spacial score (nSPS) is 14.7. The molecular weight excluding hydrogens is 528 g/mol. The number of amides is 1. The van der Waals surface area contributed by atoms with Gasteiger partial charge in [0, 0.05) is 30.8 Å². The van der Waals surface area contributed by atoms with E-state index >= 15 is 0 Å². The van der Waals surface area contributed by atoms with E-state index < -0.39 is 0 Å².